The molecule has 0 aliphatic rings. The van der Waals surface area contributed by atoms with Crippen LogP contribution in [0.15, 0.2) is 53.5 Å². The summed E-state index contributed by atoms with van der Waals surface area (Å²) in [6.45, 7) is 2.88. The van der Waals surface area contributed by atoms with Gasteiger partial charge in [0.25, 0.3) is 0 Å². The Morgan fingerprint density at radius 3 is 2.45 bits per heavy atom. The number of nitrogens with one attached hydrogen (secondary N) is 2. The molecule has 0 heterocycles. The Balaban J connectivity index is 0.00000420. The first kappa shape index (κ1) is 25.0. The molecule has 2 N–H and O–H groups in total. The lowest BCUT2D eigenvalue weighted by Crippen LogP contribution is -2.37. The van der Waals surface area contributed by atoms with Gasteiger partial charge < -0.3 is 24.8 Å². The zero-order valence-corrected chi connectivity index (χ0v) is 19.8. The molecule has 0 amide bonds. The highest BCUT2D eigenvalue weighted by Crippen LogP contribution is 2.24. The minimum atomic E-state index is 0. The normalized spacial score (nSPS) is 10.8. The number of hydrogen-bond acceptors (Lipinski definition) is 4. The number of rotatable bonds is 11. The summed E-state index contributed by atoms with van der Waals surface area (Å²) in [6.07, 6.45) is 1.86. The van der Waals surface area contributed by atoms with Crippen molar-refractivity contribution in [1.29, 1.82) is 0 Å². The van der Waals surface area contributed by atoms with E-state index >= 15 is 0 Å². The number of methoxy groups -OCH3 is 2. The van der Waals surface area contributed by atoms with E-state index < -0.39 is 0 Å². The van der Waals surface area contributed by atoms with Gasteiger partial charge in [-0.1, -0.05) is 30.3 Å². The van der Waals surface area contributed by atoms with Gasteiger partial charge in [0.1, 0.15) is 11.5 Å². The molecule has 0 saturated heterocycles. The van der Waals surface area contributed by atoms with E-state index in [1.807, 2.05) is 24.3 Å². The summed E-state index contributed by atoms with van der Waals surface area (Å²) in [7, 11) is 5.06. The fraction of sp³-hybridized carbons (Fsp3) is 0.409. The van der Waals surface area contributed by atoms with E-state index in [1.54, 1.807) is 21.3 Å². The second-order valence-corrected chi connectivity index (χ2v) is 6.23. The van der Waals surface area contributed by atoms with Gasteiger partial charge in [-0.3, -0.25) is 4.99 Å². The Labute approximate surface area is 191 Å². The predicted molar refractivity (Wildman–Crippen MR) is 129 cm³/mol. The maximum atomic E-state index is 5.71. The van der Waals surface area contributed by atoms with E-state index in [4.69, 9.17) is 14.2 Å². The molecular formula is C22H32IN3O3. The van der Waals surface area contributed by atoms with Gasteiger partial charge in [0.05, 0.1) is 20.8 Å². The maximum absolute atomic E-state index is 5.71. The van der Waals surface area contributed by atoms with Gasteiger partial charge in [-0.2, -0.15) is 0 Å². The van der Waals surface area contributed by atoms with Gasteiger partial charge >= 0.3 is 0 Å². The van der Waals surface area contributed by atoms with Crippen LogP contribution in [0.4, 0.5) is 0 Å². The van der Waals surface area contributed by atoms with Gasteiger partial charge in [0.15, 0.2) is 5.96 Å². The van der Waals surface area contributed by atoms with Crippen LogP contribution in [0.5, 0.6) is 11.5 Å². The van der Waals surface area contributed by atoms with E-state index in [2.05, 4.69) is 39.9 Å². The van der Waals surface area contributed by atoms with Crippen molar-refractivity contribution in [2.75, 3.05) is 41.0 Å². The molecule has 0 aliphatic carbocycles. The molecule has 0 saturated carbocycles. The molecular weight excluding hydrogens is 481 g/mol. The van der Waals surface area contributed by atoms with Crippen molar-refractivity contribution in [3.8, 4) is 11.5 Å². The molecule has 7 heteroatoms. The number of ether oxygens (including phenoxy) is 3. The van der Waals surface area contributed by atoms with Crippen LogP contribution >= 0.6 is 24.0 Å². The highest BCUT2D eigenvalue weighted by atomic mass is 127. The summed E-state index contributed by atoms with van der Waals surface area (Å²) in [5, 5.41) is 6.60. The van der Waals surface area contributed by atoms with Crippen LogP contribution in [-0.2, 0) is 17.7 Å². The van der Waals surface area contributed by atoms with Gasteiger partial charge in [0, 0.05) is 38.4 Å². The third-order valence-corrected chi connectivity index (χ3v) is 4.30. The van der Waals surface area contributed by atoms with Gasteiger partial charge in [-0.25, -0.2) is 0 Å². The number of nitrogens with zero attached hydrogens (tertiary/aromatic N) is 1. The zero-order valence-electron chi connectivity index (χ0n) is 17.4. The molecule has 160 valence electrons. The second-order valence-electron chi connectivity index (χ2n) is 6.23. The summed E-state index contributed by atoms with van der Waals surface area (Å²) < 4.78 is 16.4. The maximum Gasteiger partial charge on any atom is 0.191 e. The third-order valence-electron chi connectivity index (χ3n) is 4.30. The summed E-state index contributed by atoms with van der Waals surface area (Å²) in [5.41, 5.74) is 2.34. The predicted octanol–water partition coefficient (Wildman–Crippen LogP) is 3.64. The van der Waals surface area contributed by atoms with Gasteiger partial charge in [0.2, 0.25) is 0 Å². The number of halogens is 1. The molecule has 6 nitrogen and oxygen atoms in total. The van der Waals surface area contributed by atoms with Crippen LogP contribution in [-0.4, -0.2) is 47.0 Å². The van der Waals surface area contributed by atoms with Crippen molar-refractivity contribution in [2.24, 2.45) is 4.99 Å². The standard InChI is InChI=1S/C22H31N3O3.HI/c1-23-22(25-17-19-10-11-20(26-2)16-21(19)27-3)24-13-7-14-28-15-12-18-8-5-4-6-9-18;/h4-6,8-11,16H,7,12-15,17H2,1-3H3,(H2,23,24,25);1H. The smallest absolute Gasteiger partial charge is 0.191 e. The first-order valence-electron chi connectivity index (χ1n) is 9.54. The van der Waals surface area contributed by atoms with Gasteiger partial charge in [-0.05, 0) is 30.5 Å². The van der Waals surface area contributed by atoms with Crippen molar-refractivity contribution in [1.82, 2.24) is 10.6 Å². The molecule has 0 fully saturated rings. The molecule has 0 aliphatic heterocycles. The summed E-state index contributed by atoms with van der Waals surface area (Å²) in [5.74, 6) is 2.31. The molecule has 29 heavy (non-hydrogen) atoms. The lowest BCUT2D eigenvalue weighted by atomic mass is 10.2. The number of guanidine groups is 1. The Bertz CT molecular complexity index is 726. The van der Waals surface area contributed by atoms with Crippen LogP contribution in [0.1, 0.15) is 17.5 Å². The molecule has 0 spiro atoms. The summed E-state index contributed by atoms with van der Waals surface area (Å²) in [6, 6.07) is 16.2. The van der Waals surface area contributed by atoms with E-state index in [1.165, 1.54) is 5.56 Å². The van der Waals surface area contributed by atoms with E-state index in [-0.39, 0.29) is 24.0 Å². The van der Waals surface area contributed by atoms with Crippen molar-refractivity contribution in [3.05, 3.63) is 59.7 Å². The average Bonchev–Trinajstić information content (AvgIpc) is 2.75. The van der Waals surface area contributed by atoms with Crippen molar-refractivity contribution in [3.63, 3.8) is 0 Å². The zero-order chi connectivity index (χ0) is 20.0. The fourth-order valence-electron chi connectivity index (χ4n) is 2.72. The van der Waals surface area contributed by atoms with Crippen LogP contribution in [0, 0.1) is 0 Å². The van der Waals surface area contributed by atoms with Crippen LogP contribution in [0.2, 0.25) is 0 Å². The topological polar surface area (TPSA) is 64.1 Å². The monoisotopic (exact) mass is 513 g/mol. The number of aliphatic imine (C=N–C) groups is 1. The molecule has 2 aromatic rings. The first-order chi connectivity index (χ1) is 13.8. The quantitative estimate of drug-likeness (QED) is 0.208. The van der Waals surface area contributed by atoms with Crippen LogP contribution in [0.25, 0.3) is 0 Å². The Morgan fingerprint density at radius 1 is 0.966 bits per heavy atom. The van der Waals surface area contributed by atoms with Crippen LogP contribution < -0.4 is 20.1 Å². The van der Waals surface area contributed by atoms with E-state index in [0.717, 1.165) is 55.6 Å². The Kier molecular flexibility index (Phi) is 12.9. The minimum absolute atomic E-state index is 0. The molecule has 0 radical (unpaired) electrons. The first-order valence-corrected chi connectivity index (χ1v) is 9.54. The minimum Gasteiger partial charge on any atom is -0.497 e. The average molecular weight is 513 g/mol. The Hall–Kier alpha value is -2.00. The SMILES string of the molecule is CN=C(NCCCOCCc1ccccc1)NCc1ccc(OC)cc1OC.I. The number of benzene rings is 2. The lowest BCUT2D eigenvalue weighted by Gasteiger charge is -2.14. The molecule has 2 aromatic carbocycles. The fourth-order valence-corrected chi connectivity index (χ4v) is 2.72. The molecule has 0 bridgehead atoms. The molecule has 0 atom stereocenters. The molecule has 0 aromatic heterocycles. The van der Waals surface area contributed by atoms with Gasteiger partial charge in [-0.15, -0.1) is 24.0 Å². The van der Waals surface area contributed by atoms with E-state index in [0.29, 0.717) is 6.54 Å². The third kappa shape index (κ3) is 9.36. The van der Waals surface area contributed by atoms with Crippen molar-refractivity contribution >= 4 is 29.9 Å². The second kappa shape index (κ2) is 14.9. The number of hydrogen-bond donors (Lipinski definition) is 2. The van der Waals surface area contributed by atoms with E-state index in [9.17, 15) is 0 Å². The molecule has 0 unspecified atom stereocenters. The molecule has 2 rings (SSSR count). The van der Waals surface area contributed by atoms with Crippen molar-refractivity contribution < 1.29 is 14.2 Å². The summed E-state index contributed by atoms with van der Waals surface area (Å²) in [4.78, 5) is 4.25. The lowest BCUT2D eigenvalue weighted by molar-refractivity contribution is 0.135. The van der Waals surface area contributed by atoms with Crippen LogP contribution in [0.3, 0.4) is 0 Å². The van der Waals surface area contributed by atoms with Crippen molar-refractivity contribution in [2.45, 2.75) is 19.4 Å². The largest absolute Gasteiger partial charge is 0.497 e. The Morgan fingerprint density at radius 2 is 1.76 bits per heavy atom. The summed E-state index contributed by atoms with van der Waals surface area (Å²) >= 11 is 0. The highest BCUT2D eigenvalue weighted by molar-refractivity contribution is 14.0. The highest BCUT2D eigenvalue weighted by Gasteiger charge is 2.06.